The van der Waals surface area contributed by atoms with Crippen molar-refractivity contribution in [1.82, 2.24) is 4.57 Å². The number of ether oxygens (including phenoxy) is 1. The van der Waals surface area contributed by atoms with E-state index in [1.54, 1.807) is 16.8 Å². The van der Waals surface area contributed by atoms with Crippen LogP contribution in [-0.4, -0.2) is 22.6 Å². The van der Waals surface area contributed by atoms with E-state index in [2.05, 4.69) is 0 Å². The molecule has 0 saturated carbocycles. The van der Waals surface area contributed by atoms with Crippen molar-refractivity contribution in [2.75, 3.05) is 7.11 Å². The molecule has 0 atom stereocenters. The molecule has 0 amide bonds. The van der Waals surface area contributed by atoms with Crippen LogP contribution >= 0.6 is 11.6 Å². The Morgan fingerprint density at radius 2 is 2.14 bits per heavy atom. The van der Waals surface area contributed by atoms with E-state index in [1.165, 1.54) is 25.3 Å². The Kier molecular flexibility index (Phi) is 4.28. The molecule has 7 heteroatoms. The first-order chi connectivity index (χ1) is 9.92. The van der Waals surface area contributed by atoms with Gasteiger partial charge in [0.15, 0.2) is 0 Å². The number of carbonyl (C=O) groups is 1. The molecule has 0 N–H and O–H groups in total. The van der Waals surface area contributed by atoms with Gasteiger partial charge >= 0.3 is 5.97 Å². The van der Waals surface area contributed by atoms with Crippen LogP contribution in [0.3, 0.4) is 0 Å². The van der Waals surface area contributed by atoms with Crippen LogP contribution in [0.4, 0.5) is 5.69 Å². The highest BCUT2D eigenvalue weighted by Crippen LogP contribution is 2.24. The summed E-state index contributed by atoms with van der Waals surface area (Å²) in [6, 6.07) is 6.01. The number of aromatic nitrogens is 1. The largest absolute Gasteiger partial charge is 0.464 e. The number of esters is 1. The van der Waals surface area contributed by atoms with Crippen LogP contribution in [0.5, 0.6) is 0 Å². The van der Waals surface area contributed by atoms with Gasteiger partial charge in [-0.05, 0) is 30.7 Å². The summed E-state index contributed by atoms with van der Waals surface area (Å²) >= 11 is 5.90. The average Bonchev–Trinajstić information content (AvgIpc) is 2.78. The number of benzene rings is 1. The molecule has 0 radical (unpaired) electrons. The van der Waals surface area contributed by atoms with Gasteiger partial charge < -0.3 is 9.30 Å². The van der Waals surface area contributed by atoms with Crippen molar-refractivity contribution in [2.24, 2.45) is 0 Å². The third kappa shape index (κ3) is 3.22. The van der Waals surface area contributed by atoms with Crippen molar-refractivity contribution in [3.63, 3.8) is 0 Å². The predicted octanol–water partition coefficient (Wildman–Crippen LogP) is 3.19. The van der Waals surface area contributed by atoms with E-state index in [1.807, 2.05) is 6.92 Å². The quantitative estimate of drug-likeness (QED) is 0.494. The van der Waals surface area contributed by atoms with E-state index in [4.69, 9.17) is 16.3 Å². The van der Waals surface area contributed by atoms with Crippen LogP contribution in [0.15, 0.2) is 30.5 Å². The summed E-state index contributed by atoms with van der Waals surface area (Å²) in [6.45, 7) is 1.99. The number of aryl methyl sites for hydroxylation is 1. The Morgan fingerprint density at radius 1 is 1.43 bits per heavy atom. The fourth-order valence-electron chi connectivity index (χ4n) is 2.11. The molecule has 0 aliphatic carbocycles. The number of halogens is 1. The molecule has 2 aromatic rings. The Balaban J connectivity index is 2.45. The molecule has 0 fully saturated rings. The van der Waals surface area contributed by atoms with Crippen LogP contribution in [-0.2, 0) is 11.3 Å². The number of hydrogen-bond donors (Lipinski definition) is 0. The maximum absolute atomic E-state index is 11.7. The molecule has 2 rings (SSSR count). The smallest absolute Gasteiger partial charge is 0.354 e. The van der Waals surface area contributed by atoms with Gasteiger partial charge in [-0.1, -0.05) is 11.6 Å². The topological polar surface area (TPSA) is 74.4 Å². The minimum Gasteiger partial charge on any atom is -0.464 e. The fourth-order valence-corrected chi connectivity index (χ4v) is 2.30. The maximum atomic E-state index is 11.7. The van der Waals surface area contributed by atoms with Crippen LogP contribution < -0.4 is 0 Å². The number of methoxy groups -OCH3 is 1. The van der Waals surface area contributed by atoms with Gasteiger partial charge in [0.25, 0.3) is 5.69 Å². The summed E-state index contributed by atoms with van der Waals surface area (Å²) in [5.41, 5.74) is 1.58. The normalized spacial score (nSPS) is 10.4. The van der Waals surface area contributed by atoms with E-state index in [0.29, 0.717) is 16.3 Å². The van der Waals surface area contributed by atoms with Crippen molar-refractivity contribution in [2.45, 2.75) is 13.5 Å². The molecule has 0 spiro atoms. The van der Waals surface area contributed by atoms with E-state index in [0.717, 1.165) is 5.56 Å². The molecular formula is C14H13ClN2O4. The molecule has 110 valence electrons. The lowest BCUT2D eigenvalue weighted by Crippen LogP contribution is -2.11. The molecule has 0 saturated heterocycles. The Morgan fingerprint density at radius 3 is 2.76 bits per heavy atom. The number of nitro benzene ring substituents is 1. The number of carbonyl (C=O) groups excluding carboxylic acids is 1. The highest BCUT2D eigenvalue weighted by Gasteiger charge is 2.18. The average molecular weight is 309 g/mol. The first-order valence-electron chi connectivity index (χ1n) is 6.10. The summed E-state index contributed by atoms with van der Waals surface area (Å²) in [7, 11) is 1.29. The SMILES string of the molecule is COC(=O)c1cc(C)cn1Cc1cc(Cl)ccc1[N+](=O)[O-]. The van der Waals surface area contributed by atoms with Gasteiger partial charge in [0.1, 0.15) is 5.69 Å². The van der Waals surface area contributed by atoms with E-state index in [9.17, 15) is 14.9 Å². The summed E-state index contributed by atoms with van der Waals surface area (Å²) in [5.74, 6) is -0.493. The van der Waals surface area contributed by atoms with Crippen molar-refractivity contribution in [3.05, 3.63) is 62.4 Å². The van der Waals surface area contributed by atoms with Gasteiger partial charge in [0.05, 0.1) is 24.1 Å². The molecule has 0 aliphatic rings. The summed E-state index contributed by atoms with van der Waals surface area (Å²) in [5, 5.41) is 11.5. The molecule has 0 aliphatic heterocycles. The molecule has 0 unspecified atom stereocenters. The Labute approximate surface area is 126 Å². The third-order valence-corrected chi connectivity index (χ3v) is 3.24. The second-order valence-corrected chi connectivity index (χ2v) is 4.99. The molecule has 0 bridgehead atoms. The zero-order valence-corrected chi connectivity index (χ0v) is 12.3. The zero-order chi connectivity index (χ0) is 15.6. The molecule has 1 aromatic heterocycles. The minimum atomic E-state index is -0.493. The number of nitrogens with zero attached hydrogens (tertiary/aromatic N) is 2. The lowest BCUT2D eigenvalue weighted by Gasteiger charge is -2.08. The standard InChI is InChI=1S/C14H13ClN2O4/c1-9-5-13(14(18)21-2)16(7-9)8-10-6-11(15)3-4-12(10)17(19)20/h3-7H,8H2,1-2H3. The predicted molar refractivity (Wildman–Crippen MR) is 77.7 cm³/mol. The summed E-state index contributed by atoms with van der Waals surface area (Å²) in [4.78, 5) is 22.3. The van der Waals surface area contributed by atoms with Gasteiger partial charge in [-0.3, -0.25) is 10.1 Å². The third-order valence-electron chi connectivity index (χ3n) is 3.01. The van der Waals surface area contributed by atoms with Crippen molar-refractivity contribution >= 4 is 23.3 Å². The van der Waals surface area contributed by atoms with E-state index >= 15 is 0 Å². The van der Waals surface area contributed by atoms with E-state index < -0.39 is 10.9 Å². The van der Waals surface area contributed by atoms with E-state index in [-0.39, 0.29) is 12.2 Å². The van der Waals surface area contributed by atoms with Crippen LogP contribution in [0.1, 0.15) is 21.6 Å². The number of rotatable bonds is 4. The van der Waals surface area contributed by atoms with Crippen molar-refractivity contribution in [1.29, 1.82) is 0 Å². The highest BCUT2D eigenvalue weighted by molar-refractivity contribution is 6.30. The van der Waals surface area contributed by atoms with Crippen molar-refractivity contribution < 1.29 is 14.5 Å². The zero-order valence-electron chi connectivity index (χ0n) is 11.5. The maximum Gasteiger partial charge on any atom is 0.354 e. The molecule has 21 heavy (non-hydrogen) atoms. The first-order valence-corrected chi connectivity index (χ1v) is 6.48. The summed E-state index contributed by atoms with van der Waals surface area (Å²) in [6.07, 6.45) is 1.73. The van der Waals surface area contributed by atoms with Crippen LogP contribution in [0.2, 0.25) is 5.02 Å². The Bertz CT molecular complexity index is 709. The van der Waals surface area contributed by atoms with Crippen LogP contribution in [0.25, 0.3) is 0 Å². The van der Waals surface area contributed by atoms with Crippen LogP contribution in [0, 0.1) is 17.0 Å². The van der Waals surface area contributed by atoms with Gasteiger partial charge in [0.2, 0.25) is 0 Å². The number of hydrogen-bond acceptors (Lipinski definition) is 4. The number of nitro groups is 1. The second kappa shape index (κ2) is 5.97. The second-order valence-electron chi connectivity index (χ2n) is 4.55. The van der Waals surface area contributed by atoms with Gasteiger partial charge in [-0.15, -0.1) is 0 Å². The highest BCUT2D eigenvalue weighted by atomic mass is 35.5. The van der Waals surface area contributed by atoms with Crippen molar-refractivity contribution in [3.8, 4) is 0 Å². The van der Waals surface area contributed by atoms with Gasteiger partial charge in [-0.25, -0.2) is 4.79 Å². The molecule has 1 heterocycles. The molecular weight excluding hydrogens is 296 g/mol. The first kappa shape index (κ1) is 15.1. The molecule has 1 aromatic carbocycles. The fraction of sp³-hybridized carbons (Fsp3) is 0.214. The van der Waals surface area contributed by atoms with Gasteiger partial charge in [0, 0.05) is 17.3 Å². The lowest BCUT2D eigenvalue weighted by molar-refractivity contribution is -0.385. The minimum absolute atomic E-state index is 0.0402. The molecule has 6 nitrogen and oxygen atoms in total. The Hall–Kier alpha value is -2.34. The summed E-state index contributed by atoms with van der Waals surface area (Å²) < 4.78 is 6.32. The lowest BCUT2D eigenvalue weighted by atomic mass is 10.2. The monoisotopic (exact) mass is 308 g/mol. The van der Waals surface area contributed by atoms with Gasteiger partial charge in [-0.2, -0.15) is 0 Å².